The molecule has 1 atom stereocenters. The number of anilines is 1. The van der Waals surface area contributed by atoms with E-state index in [0.29, 0.717) is 17.2 Å². The molecule has 1 unspecified atom stereocenters. The molecule has 0 saturated carbocycles. The topological polar surface area (TPSA) is 84.9 Å². The summed E-state index contributed by atoms with van der Waals surface area (Å²) >= 11 is 0. The van der Waals surface area contributed by atoms with Gasteiger partial charge in [-0.1, -0.05) is 48.5 Å². The summed E-state index contributed by atoms with van der Waals surface area (Å²) in [4.78, 5) is 12.8. The van der Waals surface area contributed by atoms with Gasteiger partial charge in [-0.25, -0.2) is 8.42 Å². The lowest BCUT2D eigenvalue weighted by Crippen LogP contribution is -2.41. The van der Waals surface area contributed by atoms with Gasteiger partial charge in [0.1, 0.15) is 18.0 Å². The van der Waals surface area contributed by atoms with Gasteiger partial charge in [-0.2, -0.15) is 0 Å². The van der Waals surface area contributed by atoms with E-state index in [4.69, 9.17) is 9.47 Å². The van der Waals surface area contributed by atoms with Gasteiger partial charge in [0.15, 0.2) is 5.75 Å². The quantitative estimate of drug-likeness (QED) is 0.526. The van der Waals surface area contributed by atoms with E-state index in [1.54, 1.807) is 49.6 Å². The van der Waals surface area contributed by atoms with E-state index in [-0.39, 0.29) is 11.7 Å². The number of amides is 1. The Morgan fingerprint density at radius 1 is 0.938 bits per heavy atom. The standard InChI is InChI=1S/C24H26N2O5S/c1-18(20-13-7-9-15-22(20)30-2)25-24(27)17-26(32(3,28)29)21-14-8-10-16-23(21)31-19-11-5-4-6-12-19/h4-16,18H,17H2,1-3H3,(H,25,27). The number of benzene rings is 3. The van der Waals surface area contributed by atoms with Gasteiger partial charge in [0.25, 0.3) is 0 Å². The van der Waals surface area contributed by atoms with Gasteiger partial charge < -0.3 is 14.8 Å². The van der Waals surface area contributed by atoms with Crippen LogP contribution < -0.4 is 19.1 Å². The van der Waals surface area contributed by atoms with Crippen molar-refractivity contribution in [3.8, 4) is 17.2 Å². The Hall–Kier alpha value is -3.52. The minimum atomic E-state index is -3.77. The summed E-state index contributed by atoms with van der Waals surface area (Å²) in [5.41, 5.74) is 1.07. The molecule has 7 nitrogen and oxygen atoms in total. The Bertz CT molecular complexity index is 1170. The van der Waals surface area contributed by atoms with Crippen molar-refractivity contribution in [2.24, 2.45) is 0 Å². The first-order valence-electron chi connectivity index (χ1n) is 10.0. The fourth-order valence-electron chi connectivity index (χ4n) is 3.27. The number of methoxy groups -OCH3 is 1. The highest BCUT2D eigenvalue weighted by Gasteiger charge is 2.25. The first-order valence-corrected chi connectivity index (χ1v) is 11.9. The number of hydrogen-bond donors (Lipinski definition) is 1. The van der Waals surface area contributed by atoms with Crippen molar-refractivity contribution in [3.63, 3.8) is 0 Å². The van der Waals surface area contributed by atoms with Crippen molar-refractivity contribution >= 4 is 21.6 Å². The first kappa shape index (κ1) is 23.1. The Labute approximate surface area is 188 Å². The van der Waals surface area contributed by atoms with Gasteiger partial charge in [0.2, 0.25) is 15.9 Å². The van der Waals surface area contributed by atoms with E-state index < -0.39 is 22.5 Å². The third kappa shape index (κ3) is 5.79. The van der Waals surface area contributed by atoms with Crippen LogP contribution in [0.4, 0.5) is 5.69 Å². The van der Waals surface area contributed by atoms with Crippen LogP contribution in [0.15, 0.2) is 78.9 Å². The van der Waals surface area contributed by atoms with Crippen LogP contribution in [-0.2, 0) is 14.8 Å². The summed E-state index contributed by atoms with van der Waals surface area (Å²) in [6.07, 6.45) is 1.06. The SMILES string of the molecule is COc1ccccc1C(C)NC(=O)CN(c1ccccc1Oc1ccccc1)S(C)(=O)=O. The number of nitrogens with one attached hydrogen (secondary N) is 1. The Morgan fingerprint density at radius 2 is 1.53 bits per heavy atom. The average Bonchev–Trinajstić information content (AvgIpc) is 2.78. The van der Waals surface area contributed by atoms with Gasteiger partial charge in [-0.3, -0.25) is 9.10 Å². The van der Waals surface area contributed by atoms with E-state index in [1.807, 2.05) is 43.3 Å². The zero-order chi connectivity index (χ0) is 23.1. The van der Waals surface area contributed by atoms with Crippen molar-refractivity contribution < 1.29 is 22.7 Å². The maximum atomic E-state index is 12.8. The predicted molar refractivity (Wildman–Crippen MR) is 125 cm³/mol. The fraction of sp³-hybridized carbons (Fsp3) is 0.208. The third-order valence-corrected chi connectivity index (χ3v) is 5.90. The number of ether oxygens (including phenoxy) is 2. The lowest BCUT2D eigenvalue weighted by molar-refractivity contribution is -0.120. The van der Waals surface area contributed by atoms with E-state index >= 15 is 0 Å². The van der Waals surface area contributed by atoms with Gasteiger partial charge in [-0.15, -0.1) is 0 Å². The van der Waals surface area contributed by atoms with Crippen molar-refractivity contribution in [3.05, 3.63) is 84.4 Å². The minimum absolute atomic E-state index is 0.277. The molecule has 0 radical (unpaired) electrons. The molecule has 3 aromatic rings. The second-order valence-corrected chi connectivity index (χ2v) is 9.09. The van der Waals surface area contributed by atoms with Crippen molar-refractivity contribution in [2.45, 2.75) is 13.0 Å². The summed E-state index contributed by atoms with van der Waals surface area (Å²) < 4.78 is 37.5. The number of sulfonamides is 1. The van der Waals surface area contributed by atoms with Crippen LogP contribution in [0.5, 0.6) is 17.2 Å². The molecule has 3 rings (SSSR count). The van der Waals surface area contributed by atoms with Crippen molar-refractivity contribution in [1.29, 1.82) is 0 Å². The van der Waals surface area contributed by atoms with Crippen molar-refractivity contribution in [1.82, 2.24) is 5.32 Å². The molecule has 0 fully saturated rings. The summed E-state index contributed by atoms with van der Waals surface area (Å²) in [6.45, 7) is 1.42. The van der Waals surface area contributed by atoms with Gasteiger partial charge in [-0.05, 0) is 37.3 Å². The second-order valence-electron chi connectivity index (χ2n) is 7.18. The van der Waals surface area contributed by atoms with E-state index in [0.717, 1.165) is 16.1 Å². The molecule has 0 saturated heterocycles. The molecular formula is C24H26N2O5S. The molecule has 0 spiro atoms. The molecule has 0 aliphatic rings. The maximum absolute atomic E-state index is 12.8. The van der Waals surface area contributed by atoms with E-state index in [9.17, 15) is 13.2 Å². The summed E-state index contributed by atoms with van der Waals surface area (Å²) in [5, 5.41) is 2.85. The largest absolute Gasteiger partial charge is 0.496 e. The van der Waals surface area contributed by atoms with Gasteiger partial charge in [0.05, 0.1) is 25.1 Å². The molecule has 0 aliphatic carbocycles. The molecule has 1 N–H and O–H groups in total. The average molecular weight is 455 g/mol. The van der Waals surface area contributed by atoms with E-state index in [1.165, 1.54) is 0 Å². The maximum Gasteiger partial charge on any atom is 0.241 e. The molecule has 0 aliphatic heterocycles. The lowest BCUT2D eigenvalue weighted by atomic mass is 10.1. The third-order valence-electron chi connectivity index (χ3n) is 4.78. The smallest absolute Gasteiger partial charge is 0.241 e. The van der Waals surface area contributed by atoms with Crippen LogP contribution in [0.3, 0.4) is 0 Å². The summed E-state index contributed by atoms with van der Waals surface area (Å²) in [6, 6.07) is 22.7. The molecule has 0 bridgehead atoms. The van der Waals surface area contributed by atoms with Crippen molar-refractivity contribution in [2.75, 3.05) is 24.2 Å². The Morgan fingerprint density at radius 3 is 2.19 bits per heavy atom. The minimum Gasteiger partial charge on any atom is -0.496 e. The molecule has 0 heterocycles. The molecule has 32 heavy (non-hydrogen) atoms. The van der Waals surface area contributed by atoms with Crippen LogP contribution in [0.1, 0.15) is 18.5 Å². The Balaban J connectivity index is 1.83. The number of carbonyl (C=O) groups is 1. The van der Waals surface area contributed by atoms with Gasteiger partial charge >= 0.3 is 0 Å². The first-order chi connectivity index (χ1) is 15.3. The Kier molecular flexibility index (Phi) is 7.37. The monoisotopic (exact) mass is 454 g/mol. The molecule has 8 heteroatoms. The molecule has 168 valence electrons. The van der Waals surface area contributed by atoms with Crippen LogP contribution in [0.25, 0.3) is 0 Å². The zero-order valence-corrected chi connectivity index (χ0v) is 19.0. The number of nitrogens with zero attached hydrogens (tertiary/aromatic N) is 1. The molecular weight excluding hydrogens is 428 g/mol. The number of carbonyl (C=O) groups excluding carboxylic acids is 1. The van der Waals surface area contributed by atoms with Gasteiger partial charge in [0, 0.05) is 5.56 Å². The number of para-hydroxylation sites is 4. The number of rotatable bonds is 9. The van der Waals surface area contributed by atoms with Crippen LogP contribution >= 0.6 is 0 Å². The van der Waals surface area contributed by atoms with Crippen LogP contribution in [-0.4, -0.2) is 34.2 Å². The molecule has 0 aromatic heterocycles. The molecule has 1 amide bonds. The number of hydrogen-bond acceptors (Lipinski definition) is 5. The highest BCUT2D eigenvalue weighted by molar-refractivity contribution is 7.92. The normalized spacial score (nSPS) is 12.0. The zero-order valence-electron chi connectivity index (χ0n) is 18.2. The lowest BCUT2D eigenvalue weighted by Gasteiger charge is -2.25. The summed E-state index contributed by atoms with van der Waals surface area (Å²) in [5.74, 6) is 1.07. The summed E-state index contributed by atoms with van der Waals surface area (Å²) in [7, 11) is -2.22. The highest BCUT2D eigenvalue weighted by Crippen LogP contribution is 2.33. The second kappa shape index (κ2) is 10.2. The fourth-order valence-corrected chi connectivity index (χ4v) is 4.13. The predicted octanol–water partition coefficient (Wildman–Crippen LogP) is 4.13. The van der Waals surface area contributed by atoms with Crippen LogP contribution in [0, 0.1) is 0 Å². The molecule has 3 aromatic carbocycles. The van der Waals surface area contributed by atoms with Crippen LogP contribution in [0.2, 0.25) is 0 Å². The highest BCUT2D eigenvalue weighted by atomic mass is 32.2. The van der Waals surface area contributed by atoms with E-state index in [2.05, 4.69) is 5.32 Å².